The molecule has 0 amide bonds. The third-order valence-corrected chi connectivity index (χ3v) is 9.71. The van der Waals surface area contributed by atoms with E-state index in [1.807, 2.05) is 35.3 Å². The minimum atomic E-state index is 0.248. The lowest BCUT2D eigenvalue weighted by atomic mass is 9.37. The summed E-state index contributed by atoms with van der Waals surface area (Å²) in [6.45, 7) is 13.9. The fraction of sp³-hybridized carbons (Fsp3) is 0.400. The van der Waals surface area contributed by atoms with Crippen molar-refractivity contribution in [1.82, 2.24) is 0 Å². The molecule has 3 aromatic rings. The molecular weight excluding hydrogens is 467 g/mol. The second-order valence-electron chi connectivity index (χ2n) is 10.3. The number of rotatable bonds is 12. The second-order valence-corrected chi connectivity index (χ2v) is 13.5. The summed E-state index contributed by atoms with van der Waals surface area (Å²) >= 11 is 5.86. The molecule has 0 aliphatic heterocycles. The van der Waals surface area contributed by atoms with Gasteiger partial charge in [0.1, 0.15) is 0 Å². The van der Waals surface area contributed by atoms with Crippen molar-refractivity contribution in [3.8, 4) is 0 Å². The Kier molecular flexibility index (Phi) is 11.1. The van der Waals surface area contributed by atoms with Gasteiger partial charge in [0.25, 0.3) is 0 Å². The predicted octanol–water partition coefficient (Wildman–Crippen LogP) is 7.45. The highest BCUT2D eigenvalue weighted by Gasteiger charge is 2.22. The van der Waals surface area contributed by atoms with Crippen LogP contribution < -0.4 is 16.4 Å². The Labute approximate surface area is 221 Å². The maximum atomic E-state index is 2.33. The Morgan fingerprint density at radius 2 is 0.676 bits per heavy atom. The molecule has 0 fully saturated rings. The zero-order valence-corrected chi connectivity index (χ0v) is 24.0. The van der Waals surface area contributed by atoms with Crippen LogP contribution in [0.15, 0.2) is 87.5 Å². The van der Waals surface area contributed by atoms with Crippen LogP contribution in [0.1, 0.15) is 41.5 Å². The molecule has 0 aliphatic carbocycles. The lowest BCUT2D eigenvalue weighted by Crippen LogP contribution is -2.51. The molecule has 0 atom stereocenters. The Balaban J connectivity index is 1.87. The Hall–Kier alpha value is -1.23. The number of benzene rings is 3. The third kappa shape index (κ3) is 8.77. The molecule has 0 radical (unpaired) electrons. The van der Waals surface area contributed by atoms with E-state index in [1.54, 1.807) is 0 Å². The Morgan fingerprint density at radius 1 is 0.441 bits per heavy atom. The summed E-state index contributed by atoms with van der Waals surface area (Å²) < 4.78 is 0. The van der Waals surface area contributed by atoms with Crippen LogP contribution in [0.3, 0.4) is 0 Å². The normalized spacial score (nSPS) is 11.6. The van der Waals surface area contributed by atoms with Crippen molar-refractivity contribution in [2.45, 2.75) is 56.2 Å². The molecule has 3 aromatic carbocycles. The van der Waals surface area contributed by atoms with E-state index in [0.29, 0.717) is 17.8 Å². The van der Waals surface area contributed by atoms with Crippen LogP contribution in [0.5, 0.6) is 0 Å². The maximum Gasteiger partial charge on any atom is 0.241 e. The quantitative estimate of drug-likeness (QED) is 0.185. The maximum absolute atomic E-state index is 2.33. The summed E-state index contributed by atoms with van der Waals surface area (Å²) in [5.41, 5.74) is 4.08. The molecule has 34 heavy (non-hydrogen) atoms. The van der Waals surface area contributed by atoms with Gasteiger partial charge in [0.15, 0.2) is 0 Å². The van der Waals surface area contributed by atoms with E-state index in [1.165, 1.54) is 31.1 Å². The molecule has 4 heteroatoms. The van der Waals surface area contributed by atoms with Gasteiger partial charge in [-0.05, 0) is 54.2 Å². The van der Waals surface area contributed by atoms with Gasteiger partial charge in [-0.1, -0.05) is 94.3 Å². The van der Waals surface area contributed by atoms with Gasteiger partial charge in [-0.25, -0.2) is 0 Å². The summed E-state index contributed by atoms with van der Waals surface area (Å²) in [4.78, 5) is 4.08. The Bertz CT molecular complexity index is 845. The average molecular weight is 507 g/mol. The topological polar surface area (TPSA) is 0 Å². The first-order valence-corrected chi connectivity index (χ1v) is 15.5. The fourth-order valence-electron chi connectivity index (χ4n) is 3.64. The fourth-order valence-corrected chi connectivity index (χ4v) is 6.20. The molecule has 3 rings (SSSR count). The van der Waals surface area contributed by atoms with Gasteiger partial charge in [0, 0.05) is 31.9 Å². The highest BCUT2D eigenvalue weighted by atomic mass is 32.2. The van der Waals surface area contributed by atoms with Crippen molar-refractivity contribution in [1.29, 1.82) is 0 Å². The molecule has 0 aliphatic rings. The molecule has 0 unspecified atom stereocenters. The number of hydrogen-bond acceptors (Lipinski definition) is 3. The van der Waals surface area contributed by atoms with E-state index in [0.717, 1.165) is 17.3 Å². The van der Waals surface area contributed by atoms with Crippen LogP contribution in [0, 0.1) is 17.8 Å². The SMILES string of the molecule is CC(C)CSc1ccc(B(c2ccc(SCC(C)C)cc2)c2ccc(SCC(C)C)cc2)cc1. The van der Waals surface area contributed by atoms with E-state index in [2.05, 4.69) is 114 Å². The molecule has 0 saturated carbocycles. The molecule has 0 N–H and O–H groups in total. The highest BCUT2D eigenvalue weighted by Crippen LogP contribution is 2.22. The van der Waals surface area contributed by atoms with Gasteiger partial charge in [-0.3, -0.25) is 0 Å². The first-order chi connectivity index (χ1) is 16.3. The van der Waals surface area contributed by atoms with Crippen LogP contribution >= 0.6 is 35.3 Å². The zero-order valence-electron chi connectivity index (χ0n) is 21.6. The zero-order chi connectivity index (χ0) is 24.5. The lowest BCUT2D eigenvalue weighted by Gasteiger charge is -2.17. The van der Waals surface area contributed by atoms with Crippen LogP contribution in [0.4, 0.5) is 0 Å². The number of hydrogen-bond donors (Lipinski definition) is 0. The van der Waals surface area contributed by atoms with Gasteiger partial charge < -0.3 is 0 Å². The summed E-state index contributed by atoms with van der Waals surface area (Å²) in [6, 6.07) is 27.8. The third-order valence-electron chi connectivity index (χ3n) is 5.39. The largest absolute Gasteiger partial charge is 0.241 e. The lowest BCUT2D eigenvalue weighted by molar-refractivity contribution is 0.750. The smallest absolute Gasteiger partial charge is 0.126 e. The van der Waals surface area contributed by atoms with Gasteiger partial charge in [0.2, 0.25) is 6.71 Å². The van der Waals surface area contributed by atoms with Crippen LogP contribution in [0.2, 0.25) is 0 Å². The van der Waals surface area contributed by atoms with Gasteiger partial charge in [-0.15, -0.1) is 35.3 Å². The molecular formula is C30H39BS3. The standard InChI is InChI=1S/C30H39BS3/c1-22(2)19-32-28-13-7-25(8-14-28)31(26-9-15-29(16-10-26)33-20-23(3)4)27-11-17-30(18-12-27)34-21-24(5)6/h7-18,22-24H,19-21H2,1-6H3. The van der Waals surface area contributed by atoms with Gasteiger partial charge in [-0.2, -0.15) is 0 Å². The van der Waals surface area contributed by atoms with Crippen molar-refractivity contribution in [2.75, 3.05) is 17.3 Å². The monoisotopic (exact) mass is 506 g/mol. The number of thioether (sulfide) groups is 3. The summed E-state index contributed by atoms with van der Waals surface area (Å²) in [6.07, 6.45) is 0. The first-order valence-electron chi connectivity index (χ1n) is 12.5. The summed E-state index contributed by atoms with van der Waals surface area (Å²) in [5, 5.41) is 0. The minimum Gasteiger partial charge on any atom is -0.126 e. The molecule has 0 spiro atoms. The molecule has 0 bridgehead atoms. The van der Waals surface area contributed by atoms with Crippen molar-refractivity contribution >= 4 is 58.4 Å². The Morgan fingerprint density at radius 3 is 0.882 bits per heavy atom. The van der Waals surface area contributed by atoms with Gasteiger partial charge in [0.05, 0.1) is 0 Å². The van der Waals surface area contributed by atoms with Gasteiger partial charge >= 0.3 is 0 Å². The van der Waals surface area contributed by atoms with E-state index in [-0.39, 0.29) is 6.71 Å². The minimum absolute atomic E-state index is 0.248. The van der Waals surface area contributed by atoms with Crippen molar-refractivity contribution in [2.24, 2.45) is 17.8 Å². The molecule has 0 aromatic heterocycles. The highest BCUT2D eigenvalue weighted by molar-refractivity contribution is 7.99. The summed E-state index contributed by atoms with van der Waals surface area (Å²) in [7, 11) is 0. The predicted molar refractivity (Wildman–Crippen MR) is 161 cm³/mol. The van der Waals surface area contributed by atoms with Crippen LogP contribution in [-0.2, 0) is 0 Å². The summed E-state index contributed by atoms with van der Waals surface area (Å²) in [5.74, 6) is 5.60. The van der Waals surface area contributed by atoms with Crippen molar-refractivity contribution < 1.29 is 0 Å². The van der Waals surface area contributed by atoms with E-state index >= 15 is 0 Å². The molecule has 0 saturated heterocycles. The van der Waals surface area contributed by atoms with E-state index in [4.69, 9.17) is 0 Å². The molecule has 0 heterocycles. The molecule has 0 nitrogen and oxygen atoms in total. The van der Waals surface area contributed by atoms with Crippen LogP contribution in [0.25, 0.3) is 0 Å². The first kappa shape index (κ1) is 27.4. The average Bonchev–Trinajstić information content (AvgIpc) is 2.82. The van der Waals surface area contributed by atoms with Crippen LogP contribution in [-0.4, -0.2) is 24.0 Å². The van der Waals surface area contributed by atoms with E-state index in [9.17, 15) is 0 Å². The van der Waals surface area contributed by atoms with Crippen molar-refractivity contribution in [3.05, 3.63) is 72.8 Å². The van der Waals surface area contributed by atoms with E-state index < -0.39 is 0 Å². The molecule has 180 valence electrons. The van der Waals surface area contributed by atoms with Crippen molar-refractivity contribution in [3.63, 3.8) is 0 Å². The second kappa shape index (κ2) is 13.8.